The lowest BCUT2D eigenvalue weighted by Crippen LogP contribution is -2.48. The molecule has 460 valence electrons. The van der Waals surface area contributed by atoms with Crippen LogP contribution in [0.15, 0.2) is 168 Å². The Kier molecular flexibility index (Phi) is 17.1. The normalized spacial score (nSPS) is 15.7. The first-order valence-electron chi connectivity index (χ1n) is 31.8. The van der Waals surface area contributed by atoms with Gasteiger partial charge < -0.3 is 39.1 Å². The maximum atomic E-state index is 15.3. The summed E-state index contributed by atoms with van der Waals surface area (Å²) in [6.07, 6.45) is 2.75. The second-order valence-electron chi connectivity index (χ2n) is 23.0. The Hall–Kier alpha value is -9.67. The first kappa shape index (κ1) is 60.6. The van der Waals surface area contributed by atoms with Crippen LogP contribution in [0.25, 0.3) is 0 Å². The van der Waals surface area contributed by atoms with Crippen molar-refractivity contribution < 1.29 is 29.0 Å². The molecule has 0 saturated heterocycles. The van der Waals surface area contributed by atoms with Gasteiger partial charge in [0.25, 0.3) is 11.8 Å². The average Bonchev–Trinajstić information content (AvgIpc) is 1.45. The molecule has 90 heavy (non-hydrogen) atoms. The molecule has 1 unspecified atom stereocenters. The molecule has 16 heteroatoms. The second kappa shape index (κ2) is 25.4. The van der Waals surface area contributed by atoms with Crippen LogP contribution in [0, 0.1) is 0 Å². The van der Waals surface area contributed by atoms with E-state index in [0.717, 1.165) is 101 Å². The van der Waals surface area contributed by atoms with Crippen LogP contribution in [0.3, 0.4) is 0 Å². The van der Waals surface area contributed by atoms with Gasteiger partial charge in [-0.05, 0) is 128 Å². The fourth-order valence-electron chi connectivity index (χ4n) is 14.0. The number of pyridine rings is 2. The van der Waals surface area contributed by atoms with E-state index < -0.39 is 11.1 Å². The molecule has 2 amide bonds. The van der Waals surface area contributed by atoms with E-state index in [9.17, 15) is 14.7 Å². The van der Waals surface area contributed by atoms with Crippen LogP contribution in [0.5, 0.6) is 23.0 Å². The van der Waals surface area contributed by atoms with Crippen LogP contribution in [0.2, 0.25) is 0 Å². The highest BCUT2D eigenvalue weighted by molar-refractivity contribution is 6.04. The molecule has 2 spiro atoms. The predicted octanol–water partition coefficient (Wildman–Crippen LogP) is 13.2. The molecule has 1 N–H and O–H groups in total. The largest absolute Gasteiger partial charge is 0.456 e. The van der Waals surface area contributed by atoms with Gasteiger partial charge in [0.15, 0.2) is 5.78 Å². The predicted molar refractivity (Wildman–Crippen MR) is 357 cm³/mol. The van der Waals surface area contributed by atoms with Gasteiger partial charge in [-0.3, -0.25) is 19.4 Å². The maximum Gasteiger partial charge on any atom is 0.275 e. The summed E-state index contributed by atoms with van der Waals surface area (Å²) in [6.45, 7) is 23.0. The average molecular weight is 1200 g/mol. The number of anilines is 4. The van der Waals surface area contributed by atoms with Crippen molar-refractivity contribution in [3.63, 3.8) is 0 Å². The molecular weight excluding hydrogens is 1120 g/mol. The number of rotatable bonds is 23. The number of benzene rings is 6. The summed E-state index contributed by atoms with van der Waals surface area (Å²) >= 11 is 0. The Labute approximate surface area is 527 Å². The zero-order valence-electron chi connectivity index (χ0n) is 52.7. The van der Waals surface area contributed by atoms with E-state index in [1.807, 2.05) is 65.6 Å². The Morgan fingerprint density at radius 2 is 1.00 bits per heavy atom. The van der Waals surface area contributed by atoms with Crippen molar-refractivity contribution in [2.75, 3.05) is 85.0 Å². The highest BCUT2D eigenvalue weighted by Crippen LogP contribution is 2.60. The number of hydrogen-bond donors (Lipinski definition) is 1. The van der Waals surface area contributed by atoms with Gasteiger partial charge in [-0.25, -0.2) is 15.0 Å². The molecule has 0 saturated carbocycles. The van der Waals surface area contributed by atoms with Crippen molar-refractivity contribution >= 4 is 52.3 Å². The smallest absolute Gasteiger partial charge is 0.275 e. The molecule has 2 aromatic heterocycles. The number of aromatic nitrogens is 2. The fraction of sp³-hybridized carbons (Fsp3) is 0.311. The van der Waals surface area contributed by atoms with Crippen LogP contribution >= 0.6 is 0 Å². The fourth-order valence-corrected chi connectivity index (χ4v) is 14.0. The summed E-state index contributed by atoms with van der Waals surface area (Å²) in [5.74, 6) is 2.12. The maximum absolute atomic E-state index is 15.3. The lowest BCUT2D eigenvalue weighted by Gasteiger charge is -2.44. The minimum Gasteiger partial charge on any atom is -0.456 e. The molecule has 6 aromatic carbocycles. The number of fused-ring (bicyclic) bond motifs is 12. The number of nitrogens with zero attached hydrogens (tertiary/aromatic N) is 10. The first-order valence-corrected chi connectivity index (χ1v) is 31.8. The molecule has 0 radical (unpaired) electrons. The van der Waals surface area contributed by atoms with Crippen LogP contribution < -0.4 is 29.1 Å². The molecule has 0 fully saturated rings. The lowest BCUT2D eigenvalue weighted by atomic mass is 9.74. The molecular formula is C74H78N10O6. The summed E-state index contributed by atoms with van der Waals surface area (Å²) in [4.78, 5) is 69.2. The van der Waals surface area contributed by atoms with Gasteiger partial charge in [0.1, 0.15) is 39.8 Å². The number of aliphatic imine (C=N–C) groups is 1. The zero-order valence-corrected chi connectivity index (χ0v) is 52.7. The van der Waals surface area contributed by atoms with Crippen LogP contribution in [-0.2, 0) is 17.7 Å². The molecule has 1 atom stereocenters. The number of hydrogen-bond acceptors (Lipinski definition) is 14. The van der Waals surface area contributed by atoms with E-state index in [0.29, 0.717) is 82.8 Å². The van der Waals surface area contributed by atoms with Crippen LogP contribution in [0.1, 0.15) is 150 Å². The Morgan fingerprint density at radius 3 is 1.51 bits per heavy atom. The number of ketones is 1. The standard InChI is InChI=1S/C74H78N10O6/c1-9-79(10-2)52-32-36-60-67(43-52)89-68-44-53(80(11-3)12-4)33-37-61(68)73(60)58-27-18-16-25-56(58)71(87)83(73)42-40-75-65(66-30-21-29-64(78-66)49(8)86)31-22-41-82(15-7)55-35-39-63-70(46-55)90-69-45-54(81(13-5)14-6)34-38-62(69)74(63)59-28-19-17-26-57(59)72(88)84(74)76-47-50-23-20-24-51(48-85)77-50/h16-21,23-30,32-39,43-47,85H,9-15,22,31,40-42,48H2,1-8H3/b75-65+,76-47+. The van der Waals surface area contributed by atoms with Crippen molar-refractivity contribution in [2.45, 2.75) is 85.9 Å². The number of aliphatic hydroxyl groups is 1. The van der Waals surface area contributed by atoms with Crippen molar-refractivity contribution in [1.82, 2.24) is 19.9 Å². The van der Waals surface area contributed by atoms with Gasteiger partial charge >= 0.3 is 0 Å². The first-order chi connectivity index (χ1) is 43.9. The van der Waals surface area contributed by atoms with E-state index in [1.54, 1.807) is 29.4 Å². The minimum atomic E-state index is -1.23. The van der Waals surface area contributed by atoms with E-state index in [1.165, 1.54) is 6.92 Å². The molecule has 12 rings (SSSR count). The highest BCUT2D eigenvalue weighted by atomic mass is 16.5. The van der Waals surface area contributed by atoms with Crippen molar-refractivity contribution in [3.8, 4) is 23.0 Å². The number of carbonyl (C=O) groups excluding carboxylic acids is 3. The molecule has 16 nitrogen and oxygen atoms in total. The Morgan fingerprint density at radius 1 is 0.533 bits per heavy atom. The highest BCUT2D eigenvalue weighted by Gasteiger charge is 2.58. The van der Waals surface area contributed by atoms with Gasteiger partial charge in [0.2, 0.25) is 0 Å². The number of hydrazone groups is 1. The van der Waals surface area contributed by atoms with E-state index >= 15 is 4.79 Å². The van der Waals surface area contributed by atoms with Gasteiger partial charge in [0.05, 0.1) is 42.2 Å². The molecule has 0 bridgehead atoms. The summed E-state index contributed by atoms with van der Waals surface area (Å²) in [7, 11) is 0. The van der Waals surface area contributed by atoms with Gasteiger partial charge in [0, 0.05) is 152 Å². The van der Waals surface area contributed by atoms with E-state index in [2.05, 4.69) is 152 Å². The summed E-state index contributed by atoms with van der Waals surface area (Å²) in [5.41, 5.74) is 10.6. The molecule has 4 aliphatic heterocycles. The third kappa shape index (κ3) is 10.3. The van der Waals surface area contributed by atoms with Crippen LogP contribution in [-0.4, -0.2) is 120 Å². The number of ether oxygens (including phenoxy) is 2. The van der Waals surface area contributed by atoms with Crippen molar-refractivity contribution in [2.24, 2.45) is 10.1 Å². The SMILES string of the molecule is CCN(CC)c1ccc2c(c1)Oc1cc(N(CC)CC)ccc1C21c2ccccc2C(=O)N1CC/N=C(\CCCN(CC)c1ccc2c(c1)Oc1cc(N(CC)CC)ccc1C21c2ccccc2C(=O)N1/N=C/c1cccc(CO)n1)c1cccc(C(C)=O)n1. The third-order valence-corrected chi connectivity index (χ3v) is 18.4. The second-order valence-corrected chi connectivity index (χ2v) is 23.0. The summed E-state index contributed by atoms with van der Waals surface area (Å²) in [5, 5.41) is 16.5. The summed E-state index contributed by atoms with van der Waals surface area (Å²) in [6, 6.07) is 51.8. The molecule has 6 heterocycles. The monoisotopic (exact) mass is 1200 g/mol. The number of carbonyl (C=O) groups is 3. The minimum absolute atomic E-state index is 0.0872. The van der Waals surface area contributed by atoms with Gasteiger partial charge in [-0.15, -0.1) is 0 Å². The number of amides is 2. The molecule has 8 aromatic rings. The summed E-state index contributed by atoms with van der Waals surface area (Å²) < 4.78 is 14.1. The van der Waals surface area contributed by atoms with Crippen molar-refractivity contribution in [1.29, 1.82) is 0 Å². The van der Waals surface area contributed by atoms with Crippen molar-refractivity contribution in [3.05, 3.63) is 225 Å². The third-order valence-electron chi connectivity index (χ3n) is 18.4. The van der Waals surface area contributed by atoms with E-state index in [-0.39, 0.29) is 37.3 Å². The van der Waals surface area contributed by atoms with Crippen LogP contribution in [0.4, 0.5) is 22.7 Å². The van der Waals surface area contributed by atoms with Gasteiger partial charge in [-0.2, -0.15) is 5.10 Å². The Bertz CT molecular complexity index is 4050. The molecule has 0 aliphatic carbocycles. The topological polar surface area (TPSA) is 160 Å². The van der Waals surface area contributed by atoms with Gasteiger partial charge in [-0.1, -0.05) is 72.8 Å². The van der Waals surface area contributed by atoms with E-state index in [4.69, 9.17) is 24.6 Å². The number of aliphatic hydroxyl groups excluding tert-OH is 1. The molecule has 4 aliphatic rings. The Balaban J connectivity index is 0.893. The lowest BCUT2D eigenvalue weighted by molar-refractivity contribution is 0.0666. The number of Topliss-reactive ketones (excluding diaryl/α,β-unsaturated/α-hetero) is 1. The quantitative estimate of drug-likeness (QED) is 0.0478. The zero-order chi connectivity index (χ0) is 62.8.